The van der Waals surface area contributed by atoms with Crippen molar-refractivity contribution in [3.8, 4) is 10.4 Å². The Hall–Kier alpha value is -1.39. The fourth-order valence-corrected chi connectivity index (χ4v) is 3.48. The number of hydrogen-bond donors (Lipinski definition) is 0. The van der Waals surface area contributed by atoms with Crippen LogP contribution in [0.4, 0.5) is 0 Å². The molecule has 0 N–H and O–H groups in total. The molecule has 0 bridgehead atoms. The Morgan fingerprint density at radius 2 is 2.11 bits per heavy atom. The van der Waals surface area contributed by atoms with Gasteiger partial charge in [-0.25, -0.2) is 0 Å². The number of aldehydes is 1. The van der Waals surface area contributed by atoms with Gasteiger partial charge in [-0.3, -0.25) is 4.79 Å². The van der Waals surface area contributed by atoms with Crippen LogP contribution in [-0.2, 0) is 0 Å². The van der Waals surface area contributed by atoms with Crippen LogP contribution in [0.5, 0.6) is 0 Å². The van der Waals surface area contributed by atoms with Crippen LogP contribution in [-0.4, -0.2) is 10.7 Å². The summed E-state index contributed by atoms with van der Waals surface area (Å²) in [4.78, 5) is 12.5. The molecule has 0 fully saturated rings. The van der Waals surface area contributed by atoms with Gasteiger partial charge >= 0.3 is 0 Å². The van der Waals surface area contributed by atoms with Gasteiger partial charge < -0.3 is 4.40 Å². The summed E-state index contributed by atoms with van der Waals surface area (Å²) in [6.07, 6.45) is 2.92. The average molecular weight is 320 g/mol. The number of carbonyl (C=O) groups excluding carboxylic acids is 1. The maximum Gasteiger partial charge on any atom is 0.167 e. The van der Waals surface area contributed by atoms with Crippen LogP contribution in [0, 0.1) is 6.92 Å². The third-order valence-electron chi connectivity index (χ3n) is 2.91. The number of aromatic nitrogens is 1. The lowest BCUT2D eigenvalue weighted by molar-refractivity contribution is 0.111. The summed E-state index contributed by atoms with van der Waals surface area (Å²) < 4.78 is 3.02. The summed E-state index contributed by atoms with van der Waals surface area (Å²) in [5.74, 6) is 0. The molecule has 3 aromatic rings. The van der Waals surface area contributed by atoms with Gasteiger partial charge in [0.2, 0.25) is 0 Å². The van der Waals surface area contributed by atoms with Crippen molar-refractivity contribution in [1.29, 1.82) is 0 Å². The molecule has 0 unspecified atom stereocenters. The summed E-state index contributed by atoms with van der Waals surface area (Å²) in [6, 6.07) is 10.2. The molecule has 3 heterocycles. The van der Waals surface area contributed by atoms with Gasteiger partial charge in [0, 0.05) is 22.2 Å². The minimum absolute atomic E-state index is 0.711. The molecule has 4 heteroatoms. The fraction of sp³-hybridized carbons (Fsp3) is 0.0714. The summed E-state index contributed by atoms with van der Waals surface area (Å²) in [5, 5.41) is 0. The molecule has 90 valence electrons. The molecule has 0 aliphatic carbocycles. The number of nitrogens with zero attached hydrogens (tertiary/aromatic N) is 1. The quantitative estimate of drug-likeness (QED) is 0.635. The third kappa shape index (κ3) is 1.82. The van der Waals surface area contributed by atoms with Crippen LogP contribution in [0.1, 0.15) is 16.1 Å². The van der Waals surface area contributed by atoms with Crippen LogP contribution >= 0.6 is 27.3 Å². The average Bonchev–Trinajstić information content (AvgIpc) is 2.91. The van der Waals surface area contributed by atoms with E-state index in [4.69, 9.17) is 0 Å². The highest BCUT2D eigenvalue weighted by molar-refractivity contribution is 9.11. The van der Waals surface area contributed by atoms with Crippen LogP contribution < -0.4 is 0 Å². The fourth-order valence-electron chi connectivity index (χ4n) is 2.07. The van der Waals surface area contributed by atoms with Crippen molar-refractivity contribution < 1.29 is 4.79 Å². The monoisotopic (exact) mass is 319 g/mol. The van der Waals surface area contributed by atoms with Gasteiger partial charge in [0.25, 0.3) is 0 Å². The Bertz CT molecular complexity index is 741. The number of hydrogen-bond acceptors (Lipinski definition) is 2. The standard InChI is InChI=1S/C14H10BrNOS/c1-9-2-3-10-6-11(12(8-17)16(10)7-9)13-4-5-14(15)18-13/h2-8H,1H3. The number of carbonyl (C=O) groups is 1. The van der Waals surface area contributed by atoms with Crippen molar-refractivity contribution in [3.63, 3.8) is 0 Å². The van der Waals surface area contributed by atoms with Crippen molar-refractivity contribution >= 4 is 39.1 Å². The second-order valence-electron chi connectivity index (χ2n) is 4.17. The molecule has 0 spiro atoms. The first kappa shape index (κ1) is 11.7. The minimum atomic E-state index is 0.711. The Balaban J connectivity index is 2.32. The Labute approximate surface area is 117 Å². The van der Waals surface area contributed by atoms with Crippen LogP contribution in [0.3, 0.4) is 0 Å². The molecule has 0 saturated carbocycles. The van der Waals surface area contributed by atoms with Gasteiger partial charge in [0.05, 0.1) is 9.48 Å². The number of aryl methyl sites for hydroxylation is 1. The van der Waals surface area contributed by atoms with E-state index in [1.165, 1.54) is 0 Å². The van der Waals surface area contributed by atoms with Gasteiger partial charge in [-0.15, -0.1) is 11.3 Å². The lowest BCUT2D eigenvalue weighted by Crippen LogP contribution is -1.92. The van der Waals surface area contributed by atoms with Gasteiger partial charge in [-0.05, 0) is 52.7 Å². The summed E-state index contributed by atoms with van der Waals surface area (Å²) >= 11 is 5.09. The van der Waals surface area contributed by atoms with Crippen molar-refractivity contribution in [1.82, 2.24) is 4.40 Å². The van der Waals surface area contributed by atoms with Crippen molar-refractivity contribution in [2.75, 3.05) is 0 Å². The zero-order valence-electron chi connectivity index (χ0n) is 9.68. The largest absolute Gasteiger partial charge is 0.313 e. The highest BCUT2D eigenvalue weighted by atomic mass is 79.9. The van der Waals surface area contributed by atoms with E-state index in [0.29, 0.717) is 5.69 Å². The molecule has 3 rings (SSSR count). The first-order valence-corrected chi connectivity index (χ1v) is 7.12. The van der Waals surface area contributed by atoms with E-state index in [9.17, 15) is 4.79 Å². The second kappa shape index (κ2) is 4.37. The van der Waals surface area contributed by atoms with Gasteiger partial charge in [0.15, 0.2) is 6.29 Å². The van der Waals surface area contributed by atoms with E-state index in [2.05, 4.69) is 28.1 Å². The predicted octanol–water partition coefficient (Wildman–Crippen LogP) is 4.55. The first-order chi connectivity index (χ1) is 8.69. The summed E-state index contributed by atoms with van der Waals surface area (Å²) in [5.41, 5.74) is 3.89. The van der Waals surface area contributed by atoms with E-state index >= 15 is 0 Å². The van der Waals surface area contributed by atoms with Gasteiger partial charge in [-0.2, -0.15) is 0 Å². The van der Waals surface area contributed by atoms with Crippen molar-refractivity contribution in [3.05, 3.63) is 51.6 Å². The molecule has 3 aromatic heterocycles. The Kier molecular flexibility index (Phi) is 2.84. The number of pyridine rings is 1. The zero-order chi connectivity index (χ0) is 12.7. The van der Waals surface area contributed by atoms with Crippen LogP contribution in [0.25, 0.3) is 16.0 Å². The highest BCUT2D eigenvalue weighted by Crippen LogP contribution is 2.34. The smallest absolute Gasteiger partial charge is 0.167 e. The predicted molar refractivity (Wildman–Crippen MR) is 78.5 cm³/mol. The van der Waals surface area contributed by atoms with Crippen molar-refractivity contribution in [2.45, 2.75) is 6.92 Å². The van der Waals surface area contributed by atoms with Crippen molar-refractivity contribution in [2.24, 2.45) is 0 Å². The number of rotatable bonds is 2. The molecule has 0 aromatic carbocycles. The maximum absolute atomic E-state index is 11.4. The SMILES string of the molecule is Cc1ccc2cc(-c3ccc(Br)s3)c(C=O)n2c1. The van der Waals surface area contributed by atoms with E-state index in [-0.39, 0.29) is 0 Å². The highest BCUT2D eigenvalue weighted by Gasteiger charge is 2.12. The molecular formula is C14H10BrNOS. The number of halogens is 1. The number of thiophene rings is 1. The molecule has 0 radical (unpaired) electrons. The minimum Gasteiger partial charge on any atom is -0.313 e. The molecule has 0 amide bonds. The number of fused-ring (bicyclic) bond motifs is 1. The normalized spacial score (nSPS) is 11.0. The lowest BCUT2D eigenvalue weighted by Gasteiger charge is -1.99. The Morgan fingerprint density at radius 3 is 2.78 bits per heavy atom. The molecule has 0 aliphatic rings. The molecule has 0 saturated heterocycles. The van der Waals surface area contributed by atoms with E-state index in [1.54, 1.807) is 11.3 Å². The summed E-state index contributed by atoms with van der Waals surface area (Å²) in [7, 11) is 0. The molecule has 2 nitrogen and oxygen atoms in total. The molecular weight excluding hydrogens is 310 g/mol. The zero-order valence-corrected chi connectivity index (χ0v) is 12.1. The van der Waals surface area contributed by atoms with E-state index in [1.807, 2.05) is 35.7 Å². The van der Waals surface area contributed by atoms with E-state index in [0.717, 1.165) is 31.6 Å². The lowest BCUT2D eigenvalue weighted by atomic mass is 10.2. The molecule has 0 aliphatic heterocycles. The topological polar surface area (TPSA) is 21.5 Å². The van der Waals surface area contributed by atoms with Gasteiger partial charge in [-0.1, -0.05) is 6.07 Å². The van der Waals surface area contributed by atoms with Crippen LogP contribution in [0.2, 0.25) is 0 Å². The van der Waals surface area contributed by atoms with Crippen LogP contribution in [0.15, 0.2) is 40.3 Å². The molecule has 0 atom stereocenters. The second-order valence-corrected chi connectivity index (χ2v) is 6.63. The van der Waals surface area contributed by atoms with E-state index < -0.39 is 0 Å². The Morgan fingerprint density at radius 1 is 1.28 bits per heavy atom. The first-order valence-electron chi connectivity index (χ1n) is 5.51. The molecule has 18 heavy (non-hydrogen) atoms. The van der Waals surface area contributed by atoms with Gasteiger partial charge in [0.1, 0.15) is 0 Å². The summed E-state index contributed by atoms with van der Waals surface area (Å²) in [6.45, 7) is 2.02. The maximum atomic E-state index is 11.4. The third-order valence-corrected chi connectivity index (χ3v) is 4.56.